The zero-order valence-electron chi connectivity index (χ0n) is 17.5. The number of amides is 1. The molecule has 1 amide bonds. The van der Waals surface area contributed by atoms with Crippen molar-refractivity contribution in [2.45, 2.75) is 39.5 Å². The van der Waals surface area contributed by atoms with Gasteiger partial charge in [-0.05, 0) is 57.0 Å². The number of hydrogen-bond donors (Lipinski definition) is 1. The Kier molecular flexibility index (Phi) is 5.63. The van der Waals surface area contributed by atoms with Gasteiger partial charge in [-0.2, -0.15) is 0 Å². The number of carbonyl (C=O) groups excluding carboxylic acids is 1. The van der Waals surface area contributed by atoms with E-state index in [2.05, 4.69) is 4.72 Å². The van der Waals surface area contributed by atoms with E-state index < -0.39 is 15.4 Å². The highest BCUT2D eigenvalue weighted by atomic mass is 32.2. The number of fused-ring (bicyclic) bond motifs is 1. The van der Waals surface area contributed by atoms with E-state index in [1.807, 2.05) is 34.6 Å². The van der Waals surface area contributed by atoms with Crippen LogP contribution in [0.2, 0.25) is 0 Å². The third-order valence-electron chi connectivity index (χ3n) is 4.79. The topological polar surface area (TPSA) is 75.7 Å². The molecule has 6 nitrogen and oxygen atoms in total. The fourth-order valence-corrected chi connectivity index (χ4v) is 4.24. The fourth-order valence-electron chi connectivity index (χ4n) is 3.19. The van der Waals surface area contributed by atoms with Crippen molar-refractivity contribution < 1.29 is 17.9 Å². The summed E-state index contributed by atoms with van der Waals surface area (Å²) in [5.74, 6) is 0.778. The average molecular weight is 417 g/mol. The molecule has 1 aliphatic rings. The molecule has 1 heterocycles. The summed E-state index contributed by atoms with van der Waals surface area (Å²) in [5, 5.41) is 0. The summed E-state index contributed by atoms with van der Waals surface area (Å²) in [6.45, 7) is 10.5. The highest BCUT2D eigenvalue weighted by molar-refractivity contribution is 7.92. The number of carbonyl (C=O) groups is 1. The SMILES string of the molecule is Cc1ccc(S(=O)(=O)Nc2ccc3c(c2)N(CC(C)C)C(=O)C(C)(C)CO3)cc1. The average Bonchev–Trinajstić information content (AvgIpc) is 2.72. The first-order valence-corrected chi connectivity index (χ1v) is 11.2. The standard InChI is InChI=1S/C22H28N2O4S/c1-15(2)13-24-19-12-17(8-11-20(19)28-14-22(4,5)21(24)25)23-29(26,27)18-9-6-16(3)7-10-18/h6-12,15,23H,13-14H2,1-5H3. The van der Waals surface area contributed by atoms with Crippen LogP contribution >= 0.6 is 0 Å². The van der Waals surface area contributed by atoms with E-state index in [0.29, 0.717) is 23.7 Å². The second kappa shape index (κ2) is 7.71. The summed E-state index contributed by atoms with van der Waals surface area (Å²) in [4.78, 5) is 15.0. The Morgan fingerprint density at radius 3 is 2.41 bits per heavy atom. The number of nitrogens with zero attached hydrogens (tertiary/aromatic N) is 1. The monoisotopic (exact) mass is 416 g/mol. The van der Waals surface area contributed by atoms with E-state index in [9.17, 15) is 13.2 Å². The molecule has 1 aliphatic heterocycles. The first-order valence-electron chi connectivity index (χ1n) is 9.68. The summed E-state index contributed by atoms with van der Waals surface area (Å²) in [5.41, 5.74) is 1.28. The fraction of sp³-hybridized carbons (Fsp3) is 0.409. The van der Waals surface area contributed by atoms with E-state index in [-0.39, 0.29) is 23.3 Å². The smallest absolute Gasteiger partial charge is 0.261 e. The van der Waals surface area contributed by atoms with Crippen molar-refractivity contribution in [3.63, 3.8) is 0 Å². The van der Waals surface area contributed by atoms with Crippen molar-refractivity contribution >= 4 is 27.3 Å². The summed E-state index contributed by atoms with van der Waals surface area (Å²) in [6.07, 6.45) is 0. The quantitative estimate of drug-likeness (QED) is 0.792. The molecule has 7 heteroatoms. The Balaban J connectivity index is 1.99. The summed E-state index contributed by atoms with van der Waals surface area (Å²) >= 11 is 0. The second-order valence-electron chi connectivity index (χ2n) is 8.58. The maximum atomic E-state index is 13.1. The van der Waals surface area contributed by atoms with E-state index in [1.165, 1.54) is 0 Å². The molecule has 0 saturated heterocycles. The van der Waals surface area contributed by atoms with E-state index >= 15 is 0 Å². The molecular weight excluding hydrogens is 388 g/mol. The Bertz CT molecular complexity index is 1010. The zero-order chi connectivity index (χ0) is 21.4. The normalized spacial score (nSPS) is 16.2. The van der Waals surface area contributed by atoms with E-state index in [1.54, 1.807) is 47.4 Å². The summed E-state index contributed by atoms with van der Waals surface area (Å²) in [7, 11) is -3.74. The molecular formula is C22H28N2O4S. The molecule has 2 aromatic rings. The van der Waals surface area contributed by atoms with Gasteiger partial charge >= 0.3 is 0 Å². The molecule has 156 valence electrons. The van der Waals surface area contributed by atoms with Crippen molar-refractivity contribution in [2.24, 2.45) is 11.3 Å². The maximum Gasteiger partial charge on any atom is 0.261 e. The molecule has 0 unspecified atom stereocenters. The molecule has 3 rings (SSSR count). The number of rotatable bonds is 5. The van der Waals surface area contributed by atoms with Gasteiger partial charge in [-0.3, -0.25) is 9.52 Å². The second-order valence-corrected chi connectivity index (χ2v) is 10.3. The zero-order valence-corrected chi connectivity index (χ0v) is 18.3. The van der Waals surface area contributed by atoms with E-state index in [4.69, 9.17) is 4.74 Å². The van der Waals surface area contributed by atoms with Crippen molar-refractivity contribution in [2.75, 3.05) is 22.8 Å². The Morgan fingerprint density at radius 1 is 1.14 bits per heavy atom. The molecule has 0 radical (unpaired) electrons. The minimum Gasteiger partial charge on any atom is -0.490 e. The predicted molar refractivity (Wildman–Crippen MR) is 115 cm³/mol. The predicted octanol–water partition coefficient (Wildman–Crippen LogP) is 4.20. The lowest BCUT2D eigenvalue weighted by molar-refractivity contribution is -0.127. The van der Waals surface area contributed by atoms with Crippen LogP contribution in [0.15, 0.2) is 47.4 Å². The molecule has 0 saturated carbocycles. The minimum absolute atomic E-state index is 0.0384. The van der Waals surface area contributed by atoms with Gasteiger partial charge in [-0.25, -0.2) is 8.42 Å². The Labute approximate surface area is 172 Å². The van der Waals surface area contributed by atoms with Crippen LogP contribution in [0.5, 0.6) is 5.75 Å². The van der Waals surface area contributed by atoms with Crippen molar-refractivity contribution in [3.05, 3.63) is 48.0 Å². The number of ether oxygens (including phenoxy) is 1. The molecule has 0 spiro atoms. The van der Waals surface area contributed by atoms with Gasteiger partial charge in [0.1, 0.15) is 12.4 Å². The van der Waals surface area contributed by atoms with Crippen LogP contribution in [-0.2, 0) is 14.8 Å². The number of benzene rings is 2. The molecule has 29 heavy (non-hydrogen) atoms. The van der Waals surface area contributed by atoms with Crippen LogP contribution in [0.4, 0.5) is 11.4 Å². The molecule has 0 bridgehead atoms. The van der Waals surface area contributed by atoms with Gasteiger partial charge in [0, 0.05) is 6.54 Å². The number of hydrogen-bond acceptors (Lipinski definition) is 4. The Hall–Kier alpha value is -2.54. The molecule has 0 atom stereocenters. The third-order valence-corrected chi connectivity index (χ3v) is 6.19. The van der Waals surface area contributed by atoms with Gasteiger partial charge < -0.3 is 9.64 Å². The lowest BCUT2D eigenvalue weighted by Gasteiger charge is -2.29. The summed E-state index contributed by atoms with van der Waals surface area (Å²) < 4.78 is 34.0. The number of sulfonamides is 1. The van der Waals surface area contributed by atoms with Crippen LogP contribution in [0.25, 0.3) is 0 Å². The summed E-state index contributed by atoms with van der Waals surface area (Å²) in [6, 6.07) is 11.7. The van der Waals surface area contributed by atoms with Crippen LogP contribution in [0.1, 0.15) is 33.3 Å². The van der Waals surface area contributed by atoms with Crippen LogP contribution < -0.4 is 14.4 Å². The van der Waals surface area contributed by atoms with Crippen LogP contribution in [0.3, 0.4) is 0 Å². The lowest BCUT2D eigenvalue weighted by atomic mass is 9.92. The van der Waals surface area contributed by atoms with Gasteiger partial charge in [0.2, 0.25) is 5.91 Å². The first-order chi connectivity index (χ1) is 13.5. The molecule has 0 fully saturated rings. The lowest BCUT2D eigenvalue weighted by Crippen LogP contribution is -2.43. The van der Waals surface area contributed by atoms with Gasteiger partial charge in [0.05, 0.1) is 21.7 Å². The minimum atomic E-state index is -3.74. The first kappa shape index (κ1) is 21.2. The van der Waals surface area contributed by atoms with Crippen molar-refractivity contribution in [1.29, 1.82) is 0 Å². The third kappa shape index (κ3) is 4.56. The van der Waals surface area contributed by atoms with Crippen LogP contribution in [-0.4, -0.2) is 27.5 Å². The molecule has 0 aliphatic carbocycles. The van der Waals surface area contributed by atoms with Gasteiger partial charge in [-0.15, -0.1) is 0 Å². The maximum absolute atomic E-state index is 13.1. The van der Waals surface area contributed by atoms with Gasteiger partial charge in [0.15, 0.2) is 0 Å². The molecule has 1 N–H and O–H groups in total. The van der Waals surface area contributed by atoms with E-state index in [0.717, 1.165) is 5.56 Å². The highest BCUT2D eigenvalue weighted by Gasteiger charge is 2.38. The number of anilines is 2. The largest absolute Gasteiger partial charge is 0.490 e. The van der Waals surface area contributed by atoms with Gasteiger partial charge in [0.25, 0.3) is 10.0 Å². The van der Waals surface area contributed by atoms with Crippen molar-refractivity contribution in [3.8, 4) is 5.75 Å². The van der Waals surface area contributed by atoms with Crippen molar-refractivity contribution in [1.82, 2.24) is 0 Å². The van der Waals surface area contributed by atoms with Gasteiger partial charge in [-0.1, -0.05) is 31.5 Å². The highest BCUT2D eigenvalue weighted by Crippen LogP contribution is 2.39. The van der Waals surface area contributed by atoms with Crippen LogP contribution in [0, 0.1) is 18.3 Å². The molecule has 2 aromatic carbocycles. The molecule has 0 aromatic heterocycles. The number of nitrogens with one attached hydrogen (secondary N) is 1. The Morgan fingerprint density at radius 2 is 1.79 bits per heavy atom. The number of aryl methyl sites for hydroxylation is 1.